The number of hydrogen-bond acceptors (Lipinski definition) is 8. The number of nitrogen functional groups attached to an aromatic ring is 1. The van der Waals surface area contributed by atoms with Gasteiger partial charge >= 0.3 is 10.8 Å². The zero-order chi connectivity index (χ0) is 19.7. The lowest BCUT2D eigenvalue weighted by Gasteiger charge is -2.07. The van der Waals surface area contributed by atoms with Crippen LogP contribution in [-0.2, 0) is 35.5 Å². The fraction of sp³-hybridized carbons (Fsp3) is 0.474. The standard InChI is InChI=1S/C19H22N4O3S2/c1-11-10-27-19(25)23(11)8-7-15(24)26-9-14-21-17(20)16-12-5-3-2-4-6-13(12)28-18(16)22-14/h10H,2-9H2,1H3,(H2,20,21,22). The van der Waals surface area contributed by atoms with Gasteiger partial charge in [0.05, 0.1) is 11.8 Å². The predicted molar refractivity (Wildman–Crippen MR) is 111 cm³/mol. The Labute approximate surface area is 170 Å². The SMILES string of the molecule is Cc1csc(=O)n1CCC(=O)OCc1nc(N)c2c3c(sc2n1)CCCCC3. The molecule has 0 bridgehead atoms. The van der Waals surface area contributed by atoms with E-state index in [9.17, 15) is 9.59 Å². The lowest BCUT2D eigenvalue weighted by atomic mass is 10.1. The first-order valence-electron chi connectivity index (χ1n) is 9.40. The Bertz CT molecular complexity index is 1080. The van der Waals surface area contributed by atoms with Crippen molar-refractivity contribution >= 4 is 44.7 Å². The van der Waals surface area contributed by atoms with E-state index in [1.165, 1.54) is 29.7 Å². The first-order valence-corrected chi connectivity index (χ1v) is 11.1. The van der Waals surface area contributed by atoms with E-state index in [1.54, 1.807) is 21.3 Å². The summed E-state index contributed by atoms with van der Waals surface area (Å²) in [5, 5.41) is 2.76. The summed E-state index contributed by atoms with van der Waals surface area (Å²) >= 11 is 2.81. The third-order valence-corrected chi connectivity index (χ3v) is 7.08. The summed E-state index contributed by atoms with van der Waals surface area (Å²) in [6, 6.07) is 0. The molecule has 28 heavy (non-hydrogen) atoms. The molecule has 0 spiro atoms. The third-order valence-electron chi connectivity index (χ3n) is 5.02. The van der Waals surface area contributed by atoms with Crippen LogP contribution in [0.15, 0.2) is 10.2 Å². The van der Waals surface area contributed by atoms with Crippen molar-refractivity contribution in [3.05, 3.63) is 37.0 Å². The number of ether oxygens (including phenoxy) is 1. The van der Waals surface area contributed by atoms with Gasteiger partial charge in [0.1, 0.15) is 10.6 Å². The van der Waals surface area contributed by atoms with Gasteiger partial charge in [0.25, 0.3) is 0 Å². The normalized spacial score (nSPS) is 14.0. The van der Waals surface area contributed by atoms with Crippen molar-refractivity contribution in [2.45, 2.75) is 58.6 Å². The van der Waals surface area contributed by atoms with Crippen molar-refractivity contribution in [1.82, 2.24) is 14.5 Å². The number of nitrogens with zero attached hydrogens (tertiary/aromatic N) is 3. The van der Waals surface area contributed by atoms with Gasteiger partial charge in [-0.2, -0.15) is 0 Å². The molecule has 2 N–H and O–H groups in total. The number of thiophene rings is 1. The number of aryl methyl sites for hydroxylation is 3. The fourth-order valence-corrected chi connectivity index (χ4v) is 5.62. The molecule has 0 fully saturated rings. The van der Waals surface area contributed by atoms with Crippen LogP contribution in [0.1, 0.15) is 47.6 Å². The second kappa shape index (κ2) is 8.00. The molecule has 0 saturated carbocycles. The van der Waals surface area contributed by atoms with Crippen LogP contribution in [-0.4, -0.2) is 20.5 Å². The smallest absolute Gasteiger partial charge is 0.308 e. The van der Waals surface area contributed by atoms with Gasteiger partial charge in [-0.1, -0.05) is 17.8 Å². The molecule has 3 aromatic heterocycles. The van der Waals surface area contributed by atoms with Gasteiger partial charge in [-0.05, 0) is 38.2 Å². The highest BCUT2D eigenvalue weighted by molar-refractivity contribution is 7.19. The molecular formula is C19H22N4O3S2. The number of carbonyl (C=O) groups is 1. The fourth-order valence-electron chi connectivity index (χ4n) is 3.57. The number of nitrogens with two attached hydrogens (primary N) is 1. The Morgan fingerprint density at radius 1 is 1.29 bits per heavy atom. The first-order chi connectivity index (χ1) is 13.5. The Morgan fingerprint density at radius 2 is 2.11 bits per heavy atom. The minimum atomic E-state index is -0.387. The lowest BCUT2D eigenvalue weighted by Crippen LogP contribution is -2.18. The van der Waals surface area contributed by atoms with Crippen molar-refractivity contribution in [1.29, 1.82) is 0 Å². The van der Waals surface area contributed by atoms with Gasteiger partial charge in [0, 0.05) is 22.5 Å². The molecule has 0 radical (unpaired) electrons. The van der Waals surface area contributed by atoms with Gasteiger partial charge in [-0.15, -0.1) is 11.3 Å². The minimum absolute atomic E-state index is 0.0148. The van der Waals surface area contributed by atoms with Crippen LogP contribution in [0.3, 0.4) is 0 Å². The van der Waals surface area contributed by atoms with E-state index in [0.29, 0.717) is 18.2 Å². The number of aromatic nitrogens is 3. The lowest BCUT2D eigenvalue weighted by molar-refractivity contribution is -0.145. The Kier molecular flexibility index (Phi) is 5.45. The van der Waals surface area contributed by atoms with Gasteiger partial charge in [0.15, 0.2) is 12.4 Å². The van der Waals surface area contributed by atoms with Crippen LogP contribution in [0, 0.1) is 6.92 Å². The van der Waals surface area contributed by atoms with E-state index in [2.05, 4.69) is 9.97 Å². The quantitative estimate of drug-likeness (QED) is 0.504. The van der Waals surface area contributed by atoms with Crippen molar-refractivity contribution in [2.75, 3.05) is 5.73 Å². The van der Waals surface area contributed by atoms with E-state index in [4.69, 9.17) is 10.5 Å². The molecule has 1 aliphatic carbocycles. The van der Waals surface area contributed by atoms with Crippen molar-refractivity contribution in [3.63, 3.8) is 0 Å². The molecule has 148 valence electrons. The average molecular weight is 419 g/mol. The number of rotatable bonds is 5. The van der Waals surface area contributed by atoms with Crippen LogP contribution in [0.2, 0.25) is 0 Å². The van der Waals surface area contributed by atoms with E-state index in [0.717, 1.165) is 40.1 Å². The average Bonchev–Trinajstić information content (AvgIpc) is 3.08. The molecule has 0 unspecified atom stereocenters. The van der Waals surface area contributed by atoms with E-state index >= 15 is 0 Å². The molecule has 9 heteroatoms. The molecule has 0 atom stereocenters. The van der Waals surface area contributed by atoms with Crippen LogP contribution in [0.5, 0.6) is 0 Å². The second-order valence-electron chi connectivity index (χ2n) is 6.97. The van der Waals surface area contributed by atoms with E-state index in [1.807, 2.05) is 6.92 Å². The summed E-state index contributed by atoms with van der Waals surface area (Å²) in [7, 11) is 0. The molecule has 4 rings (SSSR count). The number of hydrogen-bond donors (Lipinski definition) is 1. The van der Waals surface area contributed by atoms with Crippen molar-refractivity contribution in [3.8, 4) is 0 Å². The maximum absolute atomic E-state index is 12.1. The highest BCUT2D eigenvalue weighted by atomic mass is 32.1. The molecule has 0 aliphatic heterocycles. The Morgan fingerprint density at radius 3 is 2.89 bits per heavy atom. The number of fused-ring (bicyclic) bond motifs is 3. The van der Waals surface area contributed by atoms with Gasteiger partial charge in [-0.3, -0.25) is 9.59 Å². The van der Waals surface area contributed by atoms with Crippen molar-refractivity contribution in [2.24, 2.45) is 0 Å². The van der Waals surface area contributed by atoms with Gasteiger partial charge < -0.3 is 15.0 Å². The molecule has 3 aromatic rings. The minimum Gasteiger partial charge on any atom is -0.457 e. The van der Waals surface area contributed by atoms with Gasteiger partial charge in [0.2, 0.25) is 0 Å². The number of anilines is 1. The summed E-state index contributed by atoms with van der Waals surface area (Å²) in [5.74, 6) is 0.497. The highest BCUT2D eigenvalue weighted by Crippen LogP contribution is 2.37. The third kappa shape index (κ3) is 3.81. The summed E-state index contributed by atoms with van der Waals surface area (Å²) in [5.41, 5.74) is 8.37. The zero-order valence-electron chi connectivity index (χ0n) is 15.7. The van der Waals surface area contributed by atoms with Crippen LogP contribution in [0.4, 0.5) is 5.82 Å². The summed E-state index contributed by atoms with van der Waals surface area (Å²) in [6.45, 7) is 2.14. The number of carbonyl (C=O) groups excluding carboxylic acids is 1. The van der Waals surface area contributed by atoms with Crippen LogP contribution >= 0.6 is 22.7 Å². The first kappa shape index (κ1) is 19.1. The van der Waals surface area contributed by atoms with E-state index < -0.39 is 0 Å². The molecule has 1 aliphatic rings. The molecule has 7 nitrogen and oxygen atoms in total. The molecular weight excluding hydrogens is 396 g/mol. The number of thiazole rings is 1. The maximum atomic E-state index is 12.1. The molecule has 0 aromatic carbocycles. The summed E-state index contributed by atoms with van der Waals surface area (Å²) in [6.07, 6.45) is 5.84. The van der Waals surface area contributed by atoms with Gasteiger partial charge in [-0.25, -0.2) is 9.97 Å². The molecule has 0 saturated heterocycles. The topological polar surface area (TPSA) is 100 Å². The Balaban J connectivity index is 1.43. The molecule has 0 amide bonds. The Hall–Kier alpha value is -2.26. The molecule has 3 heterocycles. The summed E-state index contributed by atoms with van der Waals surface area (Å²) < 4.78 is 6.88. The van der Waals surface area contributed by atoms with Crippen LogP contribution in [0.25, 0.3) is 10.2 Å². The predicted octanol–water partition coefficient (Wildman–Crippen LogP) is 3.21. The maximum Gasteiger partial charge on any atom is 0.308 e. The van der Waals surface area contributed by atoms with Crippen LogP contribution < -0.4 is 10.6 Å². The van der Waals surface area contributed by atoms with Crippen molar-refractivity contribution < 1.29 is 9.53 Å². The number of esters is 1. The zero-order valence-corrected chi connectivity index (χ0v) is 17.3. The monoisotopic (exact) mass is 418 g/mol. The highest BCUT2D eigenvalue weighted by Gasteiger charge is 2.19. The van der Waals surface area contributed by atoms with E-state index in [-0.39, 0.29) is 23.9 Å². The second-order valence-corrected chi connectivity index (χ2v) is 8.88. The summed E-state index contributed by atoms with van der Waals surface area (Å²) in [4.78, 5) is 34.9. The largest absolute Gasteiger partial charge is 0.457 e.